The Hall–Kier alpha value is 0. The van der Waals surface area contributed by atoms with Gasteiger partial charge in [0.2, 0.25) is 0 Å². The van der Waals surface area contributed by atoms with E-state index in [4.69, 9.17) is 0 Å². The van der Waals surface area contributed by atoms with E-state index in [-0.39, 0.29) is 0 Å². The first kappa shape index (κ1) is 14.6. The Labute approximate surface area is 132 Å². The van der Waals surface area contributed by atoms with Gasteiger partial charge in [-0.05, 0) is 73.0 Å². The molecule has 0 aromatic carbocycles. The first-order chi connectivity index (χ1) is 10.2. The molecule has 0 heteroatoms. The van der Waals surface area contributed by atoms with Gasteiger partial charge in [-0.15, -0.1) is 0 Å². The van der Waals surface area contributed by atoms with Crippen molar-refractivity contribution in [3.8, 4) is 0 Å². The van der Waals surface area contributed by atoms with Crippen LogP contribution < -0.4 is 0 Å². The van der Waals surface area contributed by atoms with Gasteiger partial charge in [-0.2, -0.15) is 0 Å². The van der Waals surface area contributed by atoms with Crippen LogP contribution in [0.25, 0.3) is 0 Å². The molecule has 0 spiro atoms. The maximum absolute atomic E-state index is 2.66. The molecule has 4 saturated carbocycles. The van der Waals surface area contributed by atoms with E-state index >= 15 is 0 Å². The summed E-state index contributed by atoms with van der Waals surface area (Å²) < 4.78 is 0. The SMILES string of the molecule is CC1(C)C2CCCCC2C2CCC(C3CCCCC3)CC21. The van der Waals surface area contributed by atoms with Crippen molar-refractivity contribution in [1.82, 2.24) is 0 Å². The van der Waals surface area contributed by atoms with Crippen LogP contribution in [0.4, 0.5) is 0 Å². The smallest absolute Gasteiger partial charge is 0.0292 e. The van der Waals surface area contributed by atoms with Crippen molar-refractivity contribution in [2.75, 3.05) is 0 Å². The largest absolute Gasteiger partial charge is 0.0594 e. The molecule has 0 N–H and O–H groups in total. The van der Waals surface area contributed by atoms with E-state index in [9.17, 15) is 0 Å². The first-order valence-corrected chi connectivity index (χ1v) is 10.2. The molecule has 0 aromatic rings. The Balaban J connectivity index is 1.51. The van der Waals surface area contributed by atoms with Gasteiger partial charge in [-0.3, -0.25) is 0 Å². The molecule has 0 heterocycles. The highest BCUT2D eigenvalue weighted by molar-refractivity contribution is 5.05. The molecule has 0 bridgehead atoms. The summed E-state index contributed by atoms with van der Waals surface area (Å²) >= 11 is 0. The lowest BCUT2D eigenvalue weighted by atomic mass is 9.62. The molecule has 4 rings (SSSR count). The molecule has 0 saturated heterocycles. The molecule has 4 aliphatic rings. The molecule has 5 atom stereocenters. The monoisotopic (exact) mass is 288 g/mol. The normalized spacial score (nSPS) is 46.9. The van der Waals surface area contributed by atoms with E-state index in [1.807, 2.05) is 0 Å². The van der Waals surface area contributed by atoms with Gasteiger partial charge in [0.1, 0.15) is 0 Å². The zero-order valence-electron chi connectivity index (χ0n) is 14.4. The summed E-state index contributed by atoms with van der Waals surface area (Å²) in [4.78, 5) is 0. The summed E-state index contributed by atoms with van der Waals surface area (Å²) in [7, 11) is 0. The maximum atomic E-state index is 2.66. The van der Waals surface area contributed by atoms with Crippen LogP contribution >= 0.6 is 0 Å². The molecule has 0 amide bonds. The van der Waals surface area contributed by atoms with Gasteiger partial charge >= 0.3 is 0 Å². The predicted molar refractivity (Wildman–Crippen MR) is 90.1 cm³/mol. The van der Waals surface area contributed by atoms with Gasteiger partial charge in [-0.1, -0.05) is 58.8 Å². The van der Waals surface area contributed by atoms with Crippen LogP contribution in [0.1, 0.15) is 90.9 Å². The topological polar surface area (TPSA) is 0 Å². The summed E-state index contributed by atoms with van der Waals surface area (Å²) in [6.45, 7) is 5.31. The second kappa shape index (κ2) is 5.57. The molecular formula is C21H36. The van der Waals surface area contributed by atoms with Crippen molar-refractivity contribution in [2.45, 2.75) is 90.9 Å². The fourth-order valence-corrected chi connectivity index (χ4v) is 7.50. The van der Waals surface area contributed by atoms with Crippen LogP contribution in [0.3, 0.4) is 0 Å². The van der Waals surface area contributed by atoms with E-state index in [2.05, 4.69) is 13.8 Å². The highest BCUT2D eigenvalue weighted by Gasteiger charge is 2.56. The third kappa shape index (κ3) is 2.40. The summed E-state index contributed by atoms with van der Waals surface area (Å²) in [6.07, 6.45) is 18.7. The second-order valence-corrected chi connectivity index (χ2v) is 9.62. The molecule has 4 fully saturated rings. The van der Waals surface area contributed by atoms with E-state index in [1.165, 1.54) is 32.1 Å². The van der Waals surface area contributed by atoms with E-state index in [0.29, 0.717) is 5.41 Å². The summed E-state index contributed by atoms with van der Waals surface area (Å²) in [5.41, 5.74) is 0.656. The minimum absolute atomic E-state index is 0.656. The number of hydrogen-bond donors (Lipinski definition) is 0. The predicted octanol–water partition coefficient (Wildman–Crippen LogP) is 6.45. The number of fused-ring (bicyclic) bond motifs is 3. The molecule has 0 aromatic heterocycles. The van der Waals surface area contributed by atoms with Crippen molar-refractivity contribution >= 4 is 0 Å². The van der Waals surface area contributed by atoms with Crippen molar-refractivity contribution in [3.05, 3.63) is 0 Å². The van der Waals surface area contributed by atoms with Crippen LogP contribution in [0.2, 0.25) is 0 Å². The fourth-order valence-electron chi connectivity index (χ4n) is 7.50. The van der Waals surface area contributed by atoms with Crippen molar-refractivity contribution in [2.24, 2.45) is 40.9 Å². The van der Waals surface area contributed by atoms with E-state index in [0.717, 1.165) is 35.5 Å². The molecule has 0 nitrogen and oxygen atoms in total. The van der Waals surface area contributed by atoms with Gasteiger partial charge in [-0.25, -0.2) is 0 Å². The highest BCUT2D eigenvalue weighted by Crippen LogP contribution is 2.64. The number of rotatable bonds is 1. The van der Waals surface area contributed by atoms with Gasteiger partial charge < -0.3 is 0 Å². The zero-order chi connectivity index (χ0) is 14.4. The Morgan fingerprint density at radius 1 is 0.571 bits per heavy atom. The molecule has 21 heavy (non-hydrogen) atoms. The Bertz CT molecular complexity index is 362. The lowest BCUT2D eigenvalue weighted by molar-refractivity contribution is 0.0690. The third-order valence-electron chi connectivity index (χ3n) is 8.54. The van der Waals surface area contributed by atoms with Gasteiger partial charge in [0.15, 0.2) is 0 Å². The van der Waals surface area contributed by atoms with Crippen LogP contribution in [0.15, 0.2) is 0 Å². The molecule has 120 valence electrons. The van der Waals surface area contributed by atoms with Crippen LogP contribution in [-0.2, 0) is 0 Å². The minimum Gasteiger partial charge on any atom is -0.0594 e. The molecule has 0 radical (unpaired) electrons. The summed E-state index contributed by atoms with van der Waals surface area (Å²) in [5, 5.41) is 0. The van der Waals surface area contributed by atoms with Crippen molar-refractivity contribution < 1.29 is 0 Å². The average Bonchev–Trinajstić information content (AvgIpc) is 2.77. The second-order valence-electron chi connectivity index (χ2n) is 9.62. The molecule has 0 aliphatic heterocycles. The van der Waals surface area contributed by atoms with Gasteiger partial charge in [0, 0.05) is 0 Å². The maximum Gasteiger partial charge on any atom is -0.0292 e. The average molecular weight is 289 g/mol. The van der Waals surface area contributed by atoms with Crippen molar-refractivity contribution in [3.63, 3.8) is 0 Å². The Kier molecular flexibility index (Phi) is 3.87. The molecule has 4 aliphatic carbocycles. The van der Waals surface area contributed by atoms with E-state index in [1.54, 1.807) is 44.9 Å². The summed E-state index contributed by atoms with van der Waals surface area (Å²) in [6, 6.07) is 0. The third-order valence-corrected chi connectivity index (χ3v) is 8.54. The minimum atomic E-state index is 0.656. The van der Waals surface area contributed by atoms with Crippen LogP contribution in [0.5, 0.6) is 0 Å². The quantitative estimate of drug-likeness (QED) is 0.520. The van der Waals surface area contributed by atoms with Gasteiger partial charge in [0.05, 0.1) is 0 Å². The lowest BCUT2D eigenvalue weighted by Gasteiger charge is -2.43. The zero-order valence-corrected chi connectivity index (χ0v) is 14.4. The Morgan fingerprint density at radius 3 is 2.05 bits per heavy atom. The molecular weight excluding hydrogens is 252 g/mol. The number of hydrogen-bond acceptors (Lipinski definition) is 0. The fraction of sp³-hybridized carbons (Fsp3) is 1.00. The Morgan fingerprint density at radius 2 is 1.24 bits per heavy atom. The van der Waals surface area contributed by atoms with Crippen LogP contribution in [0, 0.1) is 40.9 Å². The van der Waals surface area contributed by atoms with Gasteiger partial charge in [0.25, 0.3) is 0 Å². The lowest BCUT2D eigenvalue weighted by Crippen LogP contribution is -2.34. The van der Waals surface area contributed by atoms with Crippen LogP contribution in [-0.4, -0.2) is 0 Å². The van der Waals surface area contributed by atoms with E-state index < -0.39 is 0 Å². The standard InChI is InChI=1S/C21H36/c1-21(2)19-11-7-6-10-17(19)18-13-12-16(14-20(18)21)15-8-4-3-5-9-15/h15-20H,3-14H2,1-2H3. The highest BCUT2D eigenvalue weighted by atomic mass is 14.6. The molecule has 5 unspecified atom stereocenters. The van der Waals surface area contributed by atoms with Crippen molar-refractivity contribution in [1.29, 1.82) is 0 Å². The first-order valence-electron chi connectivity index (χ1n) is 10.2. The summed E-state index contributed by atoms with van der Waals surface area (Å²) in [5.74, 6) is 6.60.